The van der Waals surface area contributed by atoms with E-state index >= 15 is 0 Å². The zero-order chi connectivity index (χ0) is 18.6. The van der Waals surface area contributed by atoms with Crippen molar-refractivity contribution < 1.29 is 0 Å². The smallest absolute Gasteiger partial charge is 0.0122 e. The molecule has 0 heterocycles. The maximum Gasteiger partial charge on any atom is 0.0122 e. The van der Waals surface area contributed by atoms with Crippen LogP contribution in [-0.2, 0) is 0 Å². The lowest BCUT2D eigenvalue weighted by atomic mass is 10.0. The van der Waals surface area contributed by atoms with Crippen LogP contribution in [0.4, 0.5) is 0 Å². The zero-order valence-corrected chi connectivity index (χ0v) is 16.5. The summed E-state index contributed by atoms with van der Waals surface area (Å²) in [7, 11) is 0. The third-order valence-electron chi connectivity index (χ3n) is 4.71. The van der Waals surface area contributed by atoms with Crippen molar-refractivity contribution in [2.75, 3.05) is 0 Å². The van der Waals surface area contributed by atoms with E-state index in [9.17, 15) is 0 Å². The average molecular weight is 367 g/mol. The summed E-state index contributed by atoms with van der Waals surface area (Å²) in [6, 6.07) is 35.0. The van der Waals surface area contributed by atoms with E-state index in [-0.39, 0.29) is 0 Å². The lowest BCUT2D eigenvalue weighted by Crippen LogP contribution is -1.81. The second-order valence-corrected chi connectivity index (χ2v) is 8.03. The van der Waals surface area contributed by atoms with Crippen LogP contribution < -0.4 is 0 Å². The highest BCUT2D eigenvalue weighted by Crippen LogP contribution is 2.31. The molecule has 0 aromatic heterocycles. The van der Waals surface area contributed by atoms with Crippen molar-refractivity contribution in [3.8, 4) is 22.3 Å². The van der Waals surface area contributed by atoms with Gasteiger partial charge < -0.3 is 0 Å². The molecule has 0 amide bonds. The summed E-state index contributed by atoms with van der Waals surface area (Å²) >= 11 is 1.80. The fourth-order valence-electron chi connectivity index (χ4n) is 3.06. The van der Waals surface area contributed by atoms with Gasteiger partial charge in [0.15, 0.2) is 0 Å². The van der Waals surface area contributed by atoms with Gasteiger partial charge in [0.05, 0.1) is 0 Å². The molecule has 0 atom stereocenters. The van der Waals surface area contributed by atoms with E-state index in [2.05, 4.69) is 111 Å². The van der Waals surface area contributed by atoms with Crippen LogP contribution in [0, 0.1) is 13.8 Å². The van der Waals surface area contributed by atoms with Gasteiger partial charge in [-0.25, -0.2) is 0 Å². The number of rotatable bonds is 4. The van der Waals surface area contributed by atoms with Crippen molar-refractivity contribution in [1.82, 2.24) is 0 Å². The minimum atomic E-state index is 1.26. The molecule has 0 aliphatic carbocycles. The molecule has 0 nitrogen and oxygen atoms in total. The summed E-state index contributed by atoms with van der Waals surface area (Å²) < 4.78 is 0. The van der Waals surface area contributed by atoms with E-state index < -0.39 is 0 Å². The minimum Gasteiger partial charge on any atom is -0.0901 e. The molecule has 27 heavy (non-hydrogen) atoms. The van der Waals surface area contributed by atoms with Gasteiger partial charge in [-0.2, -0.15) is 0 Å². The average Bonchev–Trinajstić information content (AvgIpc) is 2.71. The molecule has 0 bridgehead atoms. The molecular formula is C26H22S. The molecule has 0 aliphatic rings. The topological polar surface area (TPSA) is 0 Å². The van der Waals surface area contributed by atoms with Gasteiger partial charge in [0.1, 0.15) is 0 Å². The number of hydrogen-bond acceptors (Lipinski definition) is 1. The Bertz CT molecular complexity index is 923. The number of benzene rings is 4. The third-order valence-corrected chi connectivity index (χ3v) is 5.73. The summed E-state index contributed by atoms with van der Waals surface area (Å²) in [6.45, 7) is 4.24. The van der Waals surface area contributed by atoms with E-state index in [0.717, 1.165) is 0 Å². The van der Waals surface area contributed by atoms with Gasteiger partial charge in [-0.1, -0.05) is 95.7 Å². The molecule has 4 aromatic rings. The standard InChI is InChI=1S/C26H22S/c1-19-3-7-21(8-4-19)23-11-15-25(16-12-23)27-26-17-13-24(14-18-26)22-9-5-20(2)6-10-22/h3-18H,1-2H3. The molecule has 0 saturated heterocycles. The molecule has 0 spiro atoms. The lowest BCUT2D eigenvalue weighted by molar-refractivity contribution is 1.40. The molecule has 0 aliphatic heterocycles. The van der Waals surface area contributed by atoms with Crippen LogP contribution in [0.3, 0.4) is 0 Å². The van der Waals surface area contributed by atoms with Crippen LogP contribution in [-0.4, -0.2) is 0 Å². The largest absolute Gasteiger partial charge is 0.0901 e. The van der Waals surface area contributed by atoms with Crippen molar-refractivity contribution in [2.45, 2.75) is 23.6 Å². The van der Waals surface area contributed by atoms with E-state index in [4.69, 9.17) is 0 Å². The first-order valence-corrected chi connectivity index (χ1v) is 10.0. The monoisotopic (exact) mass is 366 g/mol. The first kappa shape index (κ1) is 17.6. The van der Waals surface area contributed by atoms with E-state index in [0.29, 0.717) is 0 Å². The summed E-state index contributed by atoms with van der Waals surface area (Å²) in [6.07, 6.45) is 0. The number of aryl methyl sites for hydroxylation is 2. The maximum atomic E-state index is 2.20. The predicted molar refractivity (Wildman–Crippen MR) is 117 cm³/mol. The second kappa shape index (κ2) is 7.85. The molecule has 132 valence electrons. The Morgan fingerprint density at radius 3 is 0.926 bits per heavy atom. The van der Waals surface area contributed by atoms with Gasteiger partial charge in [-0.3, -0.25) is 0 Å². The van der Waals surface area contributed by atoms with Crippen molar-refractivity contribution in [3.05, 3.63) is 108 Å². The molecule has 0 radical (unpaired) electrons. The molecule has 4 rings (SSSR count). The van der Waals surface area contributed by atoms with Crippen LogP contribution in [0.5, 0.6) is 0 Å². The van der Waals surface area contributed by atoms with Crippen LogP contribution in [0.15, 0.2) is 107 Å². The van der Waals surface area contributed by atoms with Crippen molar-refractivity contribution in [3.63, 3.8) is 0 Å². The molecule has 4 aromatic carbocycles. The van der Waals surface area contributed by atoms with Crippen LogP contribution in [0.2, 0.25) is 0 Å². The predicted octanol–water partition coefficient (Wildman–Crippen LogP) is 7.79. The lowest BCUT2D eigenvalue weighted by Gasteiger charge is -2.07. The van der Waals surface area contributed by atoms with Crippen LogP contribution >= 0.6 is 11.8 Å². The Hall–Kier alpha value is -2.77. The second-order valence-electron chi connectivity index (χ2n) is 6.88. The van der Waals surface area contributed by atoms with Crippen molar-refractivity contribution >= 4 is 11.8 Å². The third kappa shape index (κ3) is 4.32. The Labute approximate surface area is 165 Å². The van der Waals surface area contributed by atoms with Crippen molar-refractivity contribution in [2.24, 2.45) is 0 Å². The summed E-state index contributed by atoms with van der Waals surface area (Å²) in [5, 5.41) is 0. The number of hydrogen-bond donors (Lipinski definition) is 0. The first-order valence-electron chi connectivity index (χ1n) is 9.19. The van der Waals surface area contributed by atoms with Gasteiger partial charge in [0.25, 0.3) is 0 Å². The highest BCUT2D eigenvalue weighted by Gasteiger charge is 2.02. The normalized spacial score (nSPS) is 10.7. The fourth-order valence-corrected chi connectivity index (χ4v) is 3.88. The Morgan fingerprint density at radius 1 is 0.370 bits per heavy atom. The highest BCUT2D eigenvalue weighted by molar-refractivity contribution is 7.99. The van der Waals surface area contributed by atoms with Crippen LogP contribution in [0.25, 0.3) is 22.3 Å². The highest BCUT2D eigenvalue weighted by atomic mass is 32.2. The quantitative estimate of drug-likeness (QED) is 0.355. The van der Waals surface area contributed by atoms with Crippen LogP contribution in [0.1, 0.15) is 11.1 Å². The summed E-state index contributed by atoms with van der Waals surface area (Å²) in [5.74, 6) is 0. The Morgan fingerprint density at radius 2 is 0.630 bits per heavy atom. The first-order chi connectivity index (χ1) is 13.2. The molecule has 0 N–H and O–H groups in total. The molecule has 1 heteroatoms. The molecule has 0 saturated carbocycles. The van der Waals surface area contributed by atoms with Gasteiger partial charge in [-0.15, -0.1) is 0 Å². The molecule has 0 fully saturated rings. The SMILES string of the molecule is Cc1ccc(-c2ccc(Sc3ccc(-c4ccc(C)cc4)cc3)cc2)cc1. The van der Waals surface area contributed by atoms with Crippen molar-refractivity contribution in [1.29, 1.82) is 0 Å². The zero-order valence-electron chi connectivity index (χ0n) is 15.6. The van der Waals surface area contributed by atoms with E-state index in [1.807, 2.05) is 0 Å². The maximum absolute atomic E-state index is 2.20. The van der Waals surface area contributed by atoms with Gasteiger partial charge in [0, 0.05) is 9.79 Å². The van der Waals surface area contributed by atoms with E-state index in [1.165, 1.54) is 43.2 Å². The molecule has 0 unspecified atom stereocenters. The van der Waals surface area contributed by atoms with Gasteiger partial charge in [-0.05, 0) is 60.4 Å². The molecular weight excluding hydrogens is 344 g/mol. The summed E-state index contributed by atoms with van der Waals surface area (Å²) in [5.41, 5.74) is 7.63. The minimum absolute atomic E-state index is 1.26. The van der Waals surface area contributed by atoms with E-state index in [1.54, 1.807) is 11.8 Å². The fraction of sp³-hybridized carbons (Fsp3) is 0.0769. The van der Waals surface area contributed by atoms with Gasteiger partial charge in [0.2, 0.25) is 0 Å². The summed E-state index contributed by atoms with van der Waals surface area (Å²) in [4.78, 5) is 2.52. The van der Waals surface area contributed by atoms with Gasteiger partial charge >= 0.3 is 0 Å². The Kier molecular flexibility index (Phi) is 5.13. The Balaban J connectivity index is 1.47.